The normalized spacial score (nSPS) is 12.9. The summed E-state index contributed by atoms with van der Waals surface area (Å²) >= 11 is 0. The molecule has 0 spiro atoms. The zero-order chi connectivity index (χ0) is 10.7. The van der Waals surface area contributed by atoms with Crippen molar-refractivity contribution in [2.45, 2.75) is 45.7 Å². The molecule has 0 saturated heterocycles. The average molecular weight is 258 g/mol. The van der Waals surface area contributed by atoms with Gasteiger partial charge in [-0.3, -0.25) is 0 Å². The van der Waals surface area contributed by atoms with Crippen LogP contribution in [0.5, 0.6) is 0 Å². The van der Waals surface area contributed by atoms with Crippen LogP contribution in [-0.4, -0.2) is 33.9 Å². The van der Waals surface area contributed by atoms with Crippen LogP contribution in [0.4, 0.5) is 0 Å². The summed E-state index contributed by atoms with van der Waals surface area (Å²) in [6, 6.07) is 0. The second kappa shape index (κ2) is 7.34. The second-order valence-corrected chi connectivity index (χ2v) is 15.8. The number of hydrogen-bond acceptors (Lipinski definition) is 2. The molecule has 0 amide bonds. The van der Waals surface area contributed by atoms with E-state index in [0.29, 0.717) is 0 Å². The van der Waals surface area contributed by atoms with Crippen molar-refractivity contribution in [2.24, 2.45) is 0 Å². The van der Waals surface area contributed by atoms with E-state index in [9.17, 15) is 5.11 Å². The molecule has 0 aromatic heterocycles. The second-order valence-electron chi connectivity index (χ2n) is 5.55. The van der Waals surface area contributed by atoms with Gasteiger partial charge in [-0.1, -0.05) is 45.7 Å². The van der Waals surface area contributed by atoms with E-state index in [4.69, 9.17) is 0 Å². The molecule has 0 N–H and O–H groups in total. The van der Waals surface area contributed by atoms with Gasteiger partial charge in [0.25, 0.3) is 0 Å². The molecule has 0 bridgehead atoms. The summed E-state index contributed by atoms with van der Waals surface area (Å²) < 4.78 is 2.66. The van der Waals surface area contributed by atoms with Crippen LogP contribution in [0.1, 0.15) is 6.42 Å². The molecule has 14 heavy (non-hydrogen) atoms. The molecule has 0 aliphatic carbocycles. The molecule has 5 heteroatoms. The summed E-state index contributed by atoms with van der Waals surface area (Å²) in [5.74, 6) is 0. The Morgan fingerprint density at radius 2 is 1.29 bits per heavy atom. The monoisotopic (exact) mass is 257 g/mol. The first kappa shape index (κ1) is 18.4. The molecule has 0 saturated carbocycles. The molecule has 0 aromatic rings. The number of rotatable bonds is 5. The van der Waals surface area contributed by atoms with Gasteiger partial charge in [0.2, 0.25) is 0 Å². The third kappa shape index (κ3) is 7.29. The predicted octanol–water partition coefficient (Wildman–Crippen LogP) is -1.29. The van der Waals surface area contributed by atoms with Gasteiger partial charge in [0, 0.05) is 0 Å². The quantitative estimate of drug-likeness (QED) is 0.573. The molecular formula is C9H24KNOSi2. The van der Waals surface area contributed by atoms with Crippen molar-refractivity contribution < 1.29 is 56.5 Å². The Morgan fingerprint density at radius 1 is 0.929 bits per heavy atom. The molecule has 80 valence electrons. The van der Waals surface area contributed by atoms with Crippen molar-refractivity contribution in [3.8, 4) is 0 Å². The van der Waals surface area contributed by atoms with E-state index in [0.717, 1.165) is 13.0 Å². The smallest absolute Gasteiger partial charge is 0.854 e. The predicted molar refractivity (Wildman–Crippen MR) is 62.9 cm³/mol. The minimum Gasteiger partial charge on any atom is -0.854 e. The van der Waals surface area contributed by atoms with Crippen LogP contribution < -0.4 is 56.5 Å². The van der Waals surface area contributed by atoms with Crippen molar-refractivity contribution in [3.63, 3.8) is 0 Å². The van der Waals surface area contributed by atoms with Gasteiger partial charge in [0.15, 0.2) is 0 Å². The summed E-state index contributed by atoms with van der Waals surface area (Å²) in [7, 11) is -2.41. The van der Waals surface area contributed by atoms with Gasteiger partial charge < -0.3 is 9.34 Å². The molecule has 0 atom stereocenters. The summed E-state index contributed by atoms with van der Waals surface area (Å²) in [5.41, 5.74) is 0. The number of nitrogens with zero attached hydrogens (tertiary/aromatic N) is 1. The minimum atomic E-state index is -1.20. The first-order valence-electron chi connectivity index (χ1n) is 5.05. The summed E-state index contributed by atoms with van der Waals surface area (Å²) in [6.07, 6.45) is 0.814. The fourth-order valence-electron chi connectivity index (χ4n) is 1.90. The van der Waals surface area contributed by atoms with Crippen LogP contribution in [0.25, 0.3) is 0 Å². The van der Waals surface area contributed by atoms with Crippen LogP contribution in [0.15, 0.2) is 0 Å². The molecular weight excluding hydrogens is 233 g/mol. The maximum absolute atomic E-state index is 10.5. The van der Waals surface area contributed by atoms with Gasteiger partial charge in [0.1, 0.15) is 16.5 Å². The van der Waals surface area contributed by atoms with Gasteiger partial charge in [0.05, 0.1) is 0 Å². The maximum Gasteiger partial charge on any atom is 1.00 e. The summed E-state index contributed by atoms with van der Waals surface area (Å²) in [6.45, 7) is 15.3. The Kier molecular flexibility index (Phi) is 9.63. The van der Waals surface area contributed by atoms with E-state index < -0.39 is 16.5 Å². The average Bonchev–Trinajstić information content (AvgIpc) is 1.81. The topological polar surface area (TPSA) is 26.3 Å². The Balaban J connectivity index is 0. The third-order valence-electron chi connectivity index (χ3n) is 2.15. The SMILES string of the molecule is C[Si](C)(C)N(CCC[O-])[Si](C)(C)C.[K+]. The van der Waals surface area contributed by atoms with Crippen molar-refractivity contribution in [2.75, 3.05) is 13.2 Å². The Morgan fingerprint density at radius 3 is 1.50 bits per heavy atom. The fourth-order valence-corrected chi connectivity index (χ4v) is 11.6. The van der Waals surface area contributed by atoms with Crippen molar-refractivity contribution in [3.05, 3.63) is 0 Å². The standard InChI is InChI=1S/C9H24NOSi2.K/c1-12(2,3)10(8-7-9-11)13(4,5)6;/h7-9H2,1-6H3;/q-1;+1. The van der Waals surface area contributed by atoms with Crippen molar-refractivity contribution in [1.82, 2.24) is 4.23 Å². The number of hydrogen-bond donors (Lipinski definition) is 0. The van der Waals surface area contributed by atoms with E-state index in [-0.39, 0.29) is 58.0 Å². The van der Waals surface area contributed by atoms with Crippen LogP contribution in [0.3, 0.4) is 0 Å². The first-order chi connectivity index (χ1) is 5.69. The molecule has 0 heterocycles. The van der Waals surface area contributed by atoms with Gasteiger partial charge in [-0.2, -0.15) is 0 Å². The van der Waals surface area contributed by atoms with Crippen molar-refractivity contribution in [1.29, 1.82) is 0 Å². The largest absolute Gasteiger partial charge is 1.00 e. The fraction of sp³-hybridized carbons (Fsp3) is 1.00. The van der Waals surface area contributed by atoms with Crippen LogP contribution in [-0.2, 0) is 0 Å². The Labute approximate surface area is 134 Å². The maximum atomic E-state index is 10.5. The summed E-state index contributed by atoms with van der Waals surface area (Å²) in [4.78, 5) is 0. The van der Waals surface area contributed by atoms with Crippen LogP contribution in [0.2, 0.25) is 39.3 Å². The molecule has 0 aromatic carbocycles. The minimum absolute atomic E-state index is 0. The third-order valence-corrected chi connectivity index (χ3v) is 9.86. The van der Waals surface area contributed by atoms with Gasteiger partial charge >= 0.3 is 51.4 Å². The molecule has 0 rings (SSSR count). The van der Waals surface area contributed by atoms with Gasteiger partial charge in [-0.15, -0.1) is 6.61 Å². The molecule has 0 unspecified atom stereocenters. The molecule has 2 nitrogen and oxygen atoms in total. The van der Waals surface area contributed by atoms with E-state index in [1.54, 1.807) is 0 Å². The van der Waals surface area contributed by atoms with Gasteiger partial charge in [-0.25, -0.2) is 0 Å². The molecule has 0 radical (unpaired) electrons. The molecule has 0 aliphatic heterocycles. The van der Waals surface area contributed by atoms with E-state index in [2.05, 4.69) is 43.5 Å². The first-order valence-corrected chi connectivity index (χ1v) is 11.9. The van der Waals surface area contributed by atoms with Crippen LogP contribution >= 0.6 is 0 Å². The van der Waals surface area contributed by atoms with E-state index >= 15 is 0 Å². The zero-order valence-corrected chi connectivity index (χ0v) is 16.1. The van der Waals surface area contributed by atoms with Crippen LogP contribution in [0, 0.1) is 0 Å². The van der Waals surface area contributed by atoms with E-state index in [1.807, 2.05) is 0 Å². The van der Waals surface area contributed by atoms with Gasteiger partial charge in [-0.05, 0) is 6.54 Å². The summed E-state index contributed by atoms with van der Waals surface area (Å²) in [5, 5.41) is 10.5. The molecule has 0 fully saturated rings. The Hall–Kier alpha value is 1.99. The van der Waals surface area contributed by atoms with E-state index in [1.165, 1.54) is 0 Å². The molecule has 0 aliphatic rings. The van der Waals surface area contributed by atoms with Crippen molar-refractivity contribution >= 4 is 16.5 Å². The Bertz CT molecular complexity index is 140. The zero-order valence-electron chi connectivity index (χ0n) is 11.0.